The van der Waals surface area contributed by atoms with E-state index in [0.29, 0.717) is 28.6 Å². The number of ether oxygens (including phenoxy) is 2. The van der Waals surface area contributed by atoms with Crippen molar-refractivity contribution in [2.75, 3.05) is 6.79 Å². The number of halogens is 2. The van der Waals surface area contributed by atoms with E-state index in [1.54, 1.807) is 29.2 Å². The molecule has 0 radical (unpaired) electrons. The second kappa shape index (κ2) is 5.98. The van der Waals surface area contributed by atoms with Crippen molar-refractivity contribution in [3.63, 3.8) is 0 Å². The third-order valence-electron chi connectivity index (χ3n) is 4.19. The number of carbonyl (C=O) groups is 1. The van der Waals surface area contributed by atoms with Crippen molar-refractivity contribution in [2.45, 2.75) is 25.4 Å². The predicted molar refractivity (Wildman–Crippen MR) is 86.9 cm³/mol. The van der Waals surface area contributed by atoms with Gasteiger partial charge in [0.25, 0.3) is 5.91 Å². The molecule has 0 N–H and O–H groups in total. The van der Waals surface area contributed by atoms with Crippen LogP contribution in [0.4, 0.5) is 4.39 Å². The van der Waals surface area contributed by atoms with Crippen molar-refractivity contribution in [3.05, 3.63) is 58.4 Å². The smallest absolute Gasteiger partial charge is 0.254 e. The highest BCUT2D eigenvalue weighted by Crippen LogP contribution is 2.40. The van der Waals surface area contributed by atoms with Crippen LogP contribution in [-0.4, -0.2) is 23.6 Å². The summed E-state index contributed by atoms with van der Waals surface area (Å²) in [5, 5.41) is 0.367. The van der Waals surface area contributed by atoms with Gasteiger partial charge in [0.05, 0.1) is 5.02 Å². The average molecular weight is 348 g/mol. The van der Waals surface area contributed by atoms with Crippen molar-refractivity contribution in [3.8, 4) is 11.5 Å². The zero-order valence-corrected chi connectivity index (χ0v) is 13.6. The van der Waals surface area contributed by atoms with Crippen LogP contribution in [-0.2, 0) is 6.54 Å². The molecule has 1 fully saturated rings. The Morgan fingerprint density at radius 1 is 1.21 bits per heavy atom. The number of benzene rings is 2. The van der Waals surface area contributed by atoms with Gasteiger partial charge in [-0.1, -0.05) is 23.7 Å². The first-order chi connectivity index (χ1) is 11.6. The molecule has 1 aliphatic heterocycles. The number of amides is 1. The molecule has 0 saturated heterocycles. The first kappa shape index (κ1) is 15.3. The van der Waals surface area contributed by atoms with E-state index >= 15 is 0 Å². The number of hydrogen-bond acceptors (Lipinski definition) is 3. The Hall–Kier alpha value is -2.27. The number of nitrogens with zero attached hydrogens (tertiary/aromatic N) is 1. The van der Waals surface area contributed by atoms with Gasteiger partial charge in [0.2, 0.25) is 6.79 Å². The fraction of sp³-hybridized carbons (Fsp3) is 0.278. The first-order valence-corrected chi connectivity index (χ1v) is 8.14. The van der Waals surface area contributed by atoms with Gasteiger partial charge in [0.1, 0.15) is 5.82 Å². The van der Waals surface area contributed by atoms with E-state index in [4.69, 9.17) is 21.1 Å². The molecule has 1 heterocycles. The Bertz CT molecular complexity index is 790. The van der Waals surface area contributed by atoms with Crippen LogP contribution in [0, 0.1) is 5.82 Å². The van der Waals surface area contributed by atoms with Gasteiger partial charge in [-0.3, -0.25) is 4.79 Å². The highest BCUT2D eigenvalue weighted by atomic mass is 35.5. The number of fused-ring (bicyclic) bond motifs is 1. The van der Waals surface area contributed by atoms with E-state index in [9.17, 15) is 9.18 Å². The van der Waals surface area contributed by atoms with Crippen molar-refractivity contribution in [2.24, 2.45) is 0 Å². The monoisotopic (exact) mass is 347 g/mol. The van der Waals surface area contributed by atoms with Crippen molar-refractivity contribution < 1.29 is 18.7 Å². The molecule has 0 bridgehead atoms. The number of hydrogen-bond donors (Lipinski definition) is 0. The molecule has 4 nitrogen and oxygen atoms in total. The van der Waals surface area contributed by atoms with E-state index in [2.05, 4.69) is 0 Å². The molecule has 0 unspecified atom stereocenters. The Balaban J connectivity index is 1.60. The molecule has 2 aromatic carbocycles. The normalized spacial score (nSPS) is 15.4. The van der Waals surface area contributed by atoms with Crippen LogP contribution in [0.5, 0.6) is 11.5 Å². The molecular weight excluding hydrogens is 333 g/mol. The largest absolute Gasteiger partial charge is 0.454 e. The lowest BCUT2D eigenvalue weighted by molar-refractivity contribution is 0.0729. The summed E-state index contributed by atoms with van der Waals surface area (Å²) in [5.41, 5.74) is 1.36. The molecule has 124 valence electrons. The lowest BCUT2D eigenvalue weighted by atomic mass is 10.1. The Morgan fingerprint density at radius 3 is 2.67 bits per heavy atom. The lowest BCUT2D eigenvalue weighted by Gasteiger charge is -2.23. The third kappa shape index (κ3) is 2.91. The minimum absolute atomic E-state index is 0.106. The van der Waals surface area contributed by atoms with Crippen LogP contribution < -0.4 is 9.47 Å². The maximum atomic E-state index is 13.1. The van der Waals surface area contributed by atoms with E-state index < -0.39 is 0 Å². The van der Waals surface area contributed by atoms with Crippen LogP contribution in [0.2, 0.25) is 5.02 Å². The Labute approximate surface area is 143 Å². The number of rotatable bonds is 4. The molecule has 1 saturated carbocycles. The SMILES string of the molecule is O=C(c1cc(Cl)c2c(c1)OCO2)N(Cc1ccc(F)cc1)C1CC1. The van der Waals surface area contributed by atoms with Gasteiger partial charge in [-0.25, -0.2) is 4.39 Å². The minimum atomic E-state index is -0.286. The van der Waals surface area contributed by atoms with Crippen molar-refractivity contribution >= 4 is 17.5 Å². The zero-order valence-electron chi connectivity index (χ0n) is 12.8. The summed E-state index contributed by atoms with van der Waals surface area (Å²) in [6.45, 7) is 0.546. The summed E-state index contributed by atoms with van der Waals surface area (Å²) in [7, 11) is 0. The highest BCUT2D eigenvalue weighted by molar-refractivity contribution is 6.32. The fourth-order valence-corrected chi connectivity index (χ4v) is 3.06. The van der Waals surface area contributed by atoms with E-state index in [0.717, 1.165) is 18.4 Å². The molecule has 4 rings (SSSR count). The van der Waals surface area contributed by atoms with Crippen LogP contribution in [0.3, 0.4) is 0 Å². The molecule has 0 atom stereocenters. The molecule has 2 aromatic rings. The third-order valence-corrected chi connectivity index (χ3v) is 4.47. The summed E-state index contributed by atoms with van der Waals surface area (Å²) in [4.78, 5) is 14.8. The topological polar surface area (TPSA) is 38.8 Å². The summed E-state index contributed by atoms with van der Waals surface area (Å²) < 4.78 is 23.7. The molecule has 2 aliphatic rings. The lowest BCUT2D eigenvalue weighted by Crippen LogP contribution is -2.32. The molecule has 1 amide bonds. The van der Waals surface area contributed by atoms with E-state index in [1.807, 2.05) is 0 Å². The van der Waals surface area contributed by atoms with Gasteiger partial charge >= 0.3 is 0 Å². The Morgan fingerprint density at radius 2 is 1.96 bits per heavy atom. The predicted octanol–water partition coefficient (Wildman–Crippen LogP) is 4.01. The highest BCUT2D eigenvalue weighted by Gasteiger charge is 2.34. The molecular formula is C18H15ClFNO3. The minimum Gasteiger partial charge on any atom is -0.454 e. The quantitative estimate of drug-likeness (QED) is 0.838. The standard InChI is InChI=1S/C18H15ClFNO3/c19-15-7-12(8-16-17(15)24-10-23-16)18(22)21(14-5-6-14)9-11-1-3-13(20)4-2-11/h1-4,7-8,14H,5-6,9-10H2. The van der Waals surface area contributed by atoms with Gasteiger partial charge in [0.15, 0.2) is 11.5 Å². The second-order valence-corrected chi connectivity index (χ2v) is 6.39. The van der Waals surface area contributed by atoms with Crippen LogP contribution >= 0.6 is 11.6 Å². The van der Waals surface area contributed by atoms with Gasteiger partial charge < -0.3 is 14.4 Å². The maximum Gasteiger partial charge on any atom is 0.254 e. The van der Waals surface area contributed by atoms with Gasteiger partial charge in [0, 0.05) is 18.2 Å². The molecule has 24 heavy (non-hydrogen) atoms. The molecule has 0 spiro atoms. The van der Waals surface area contributed by atoms with Crippen LogP contribution in [0.15, 0.2) is 36.4 Å². The summed E-state index contributed by atoms with van der Waals surface area (Å²) in [5.74, 6) is 0.570. The summed E-state index contributed by atoms with van der Waals surface area (Å²) in [6.07, 6.45) is 1.95. The van der Waals surface area contributed by atoms with Gasteiger partial charge in [-0.15, -0.1) is 0 Å². The molecule has 1 aliphatic carbocycles. The first-order valence-electron chi connectivity index (χ1n) is 7.76. The van der Waals surface area contributed by atoms with Crippen LogP contribution in [0.1, 0.15) is 28.8 Å². The van der Waals surface area contributed by atoms with Gasteiger partial charge in [-0.2, -0.15) is 0 Å². The average Bonchev–Trinajstić information content (AvgIpc) is 3.30. The van der Waals surface area contributed by atoms with Crippen molar-refractivity contribution in [1.82, 2.24) is 4.90 Å². The van der Waals surface area contributed by atoms with Crippen LogP contribution in [0.25, 0.3) is 0 Å². The number of carbonyl (C=O) groups excluding carboxylic acids is 1. The van der Waals surface area contributed by atoms with Gasteiger partial charge in [-0.05, 0) is 42.7 Å². The Kier molecular flexibility index (Phi) is 3.81. The zero-order chi connectivity index (χ0) is 16.7. The van der Waals surface area contributed by atoms with E-state index in [-0.39, 0.29) is 24.6 Å². The van der Waals surface area contributed by atoms with Crippen molar-refractivity contribution in [1.29, 1.82) is 0 Å². The fourth-order valence-electron chi connectivity index (χ4n) is 2.80. The summed E-state index contributed by atoms with van der Waals surface area (Å²) in [6, 6.07) is 9.69. The summed E-state index contributed by atoms with van der Waals surface area (Å²) >= 11 is 6.18. The maximum absolute atomic E-state index is 13.1. The molecule has 6 heteroatoms. The second-order valence-electron chi connectivity index (χ2n) is 5.98. The van der Waals surface area contributed by atoms with E-state index in [1.165, 1.54) is 12.1 Å². The molecule has 0 aromatic heterocycles.